The number of rotatable bonds is 6. The maximum absolute atomic E-state index is 13.3. The second kappa shape index (κ2) is 10.4. The molecule has 7 heteroatoms. The molecule has 0 spiro atoms. The first-order valence-corrected chi connectivity index (χ1v) is 11.2. The molecule has 0 saturated carbocycles. The molecule has 1 aliphatic heterocycles. The van der Waals surface area contributed by atoms with Crippen LogP contribution in [0.25, 0.3) is 0 Å². The molecule has 2 aromatic carbocycles. The Labute approximate surface area is 198 Å². The highest BCUT2D eigenvalue weighted by atomic mass is 35.5. The molecule has 3 aromatic rings. The minimum atomic E-state index is -0.0884. The number of anilines is 1. The van der Waals surface area contributed by atoms with Gasteiger partial charge in [-0.25, -0.2) is 4.98 Å². The number of nitrogens with zero attached hydrogens (tertiary/aromatic N) is 4. The first kappa shape index (κ1) is 22.6. The summed E-state index contributed by atoms with van der Waals surface area (Å²) in [5, 5.41) is 9.71. The third-order valence-corrected chi connectivity index (χ3v) is 6.14. The largest absolute Gasteiger partial charge is 0.347 e. The van der Waals surface area contributed by atoms with Crippen LogP contribution in [0, 0.1) is 23.2 Å². The van der Waals surface area contributed by atoms with E-state index < -0.39 is 0 Å². The van der Waals surface area contributed by atoms with Gasteiger partial charge in [0.2, 0.25) is 5.91 Å². The standard InChI is InChI=1S/C26H24ClN5O/c1-2-3-6-23-16-32(22-7-4-5-21(27)13-22)26(33)17-31(23)25(24-15-29-18-30-24)12-19-8-10-20(14-28)11-9-19/h4-5,7-11,13,15,18,23,25H,6,12,16-17H2,1H3,(H,29,30). The van der Waals surface area contributed by atoms with Crippen LogP contribution in [-0.2, 0) is 11.2 Å². The number of carbonyl (C=O) groups is 1. The van der Waals surface area contributed by atoms with E-state index in [9.17, 15) is 4.79 Å². The zero-order valence-corrected chi connectivity index (χ0v) is 19.1. The quantitative estimate of drug-likeness (QED) is 0.558. The van der Waals surface area contributed by atoms with Crippen molar-refractivity contribution in [2.75, 3.05) is 18.0 Å². The summed E-state index contributed by atoms with van der Waals surface area (Å²) in [4.78, 5) is 24.8. The number of amides is 1. The Bertz CT molecular complexity index is 1200. The molecule has 2 unspecified atom stereocenters. The van der Waals surface area contributed by atoms with E-state index in [0.717, 1.165) is 16.9 Å². The fourth-order valence-corrected chi connectivity index (χ4v) is 4.43. The van der Waals surface area contributed by atoms with Crippen LogP contribution >= 0.6 is 11.6 Å². The van der Waals surface area contributed by atoms with Gasteiger partial charge in [0.25, 0.3) is 0 Å². The molecule has 6 nitrogen and oxygen atoms in total. The van der Waals surface area contributed by atoms with Gasteiger partial charge < -0.3 is 9.88 Å². The van der Waals surface area contributed by atoms with Crippen LogP contribution in [0.15, 0.2) is 61.1 Å². The van der Waals surface area contributed by atoms with Crippen LogP contribution in [0.3, 0.4) is 0 Å². The van der Waals surface area contributed by atoms with Gasteiger partial charge in [-0.1, -0.05) is 29.8 Å². The molecule has 166 valence electrons. The maximum Gasteiger partial charge on any atom is 0.241 e. The fourth-order valence-electron chi connectivity index (χ4n) is 4.24. The van der Waals surface area contributed by atoms with E-state index in [1.54, 1.807) is 17.3 Å². The van der Waals surface area contributed by atoms with Crippen molar-refractivity contribution >= 4 is 23.2 Å². The van der Waals surface area contributed by atoms with Crippen LogP contribution in [0.1, 0.15) is 36.2 Å². The molecule has 2 heterocycles. The van der Waals surface area contributed by atoms with Crippen molar-refractivity contribution in [3.05, 3.63) is 82.9 Å². The number of benzene rings is 2. The summed E-state index contributed by atoms with van der Waals surface area (Å²) < 4.78 is 0. The normalized spacial score (nSPS) is 17.2. The molecule has 1 amide bonds. The predicted molar refractivity (Wildman–Crippen MR) is 129 cm³/mol. The first-order chi connectivity index (χ1) is 16.1. The summed E-state index contributed by atoms with van der Waals surface area (Å²) in [6, 6.07) is 17.1. The highest BCUT2D eigenvalue weighted by Gasteiger charge is 2.37. The predicted octanol–water partition coefficient (Wildman–Crippen LogP) is 4.35. The lowest BCUT2D eigenvalue weighted by molar-refractivity contribution is -0.123. The lowest BCUT2D eigenvalue weighted by Gasteiger charge is -2.44. The number of halogens is 1. The summed E-state index contributed by atoms with van der Waals surface area (Å²) in [5.74, 6) is 6.22. The van der Waals surface area contributed by atoms with Gasteiger partial charge in [0.1, 0.15) is 0 Å². The average Bonchev–Trinajstić information content (AvgIpc) is 3.37. The maximum atomic E-state index is 13.3. The highest BCUT2D eigenvalue weighted by Crippen LogP contribution is 2.31. The van der Waals surface area contributed by atoms with Gasteiger partial charge in [-0.15, -0.1) is 11.8 Å². The van der Waals surface area contributed by atoms with Gasteiger partial charge in [-0.05, 0) is 49.2 Å². The van der Waals surface area contributed by atoms with Crippen LogP contribution in [0.4, 0.5) is 5.69 Å². The smallest absolute Gasteiger partial charge is 0.241 e. The van der Waals surface area contributed by atoms with E-state index >= 15 is 0 Å². The highest BCUT2D eigenvalue weighted by molar-refractivity contribution is 6.30. The van der Waals surface area contributed by atoms with Crippen LogP contribution in [-0.4, -0.2) is 39.9 Å². The molecule has 1 fully saturated rings. The molecular weight excluding hydrogens is 434 g/mol. The number of hydrogen-bond acceptors (Lipinski definition) is 4. The number of carbonyl (C=O) groups excluding carboxylic acids is 1. The molecule has 1 aliphatic rings. The summed E-state index contributed by atoms with van der Waals surface area (Å²) in [7, 11) is 0. The number of nitriles is 1. The number of hydrogen-bond donors (Lipinski definition) is 1. The Kier molecular flexibility index (Phi) is 7.10. The second-order valence-electron chi connectivity index (χ2n) is 7.98. The number of nitrogens with one attached hydrogen (secondary N) is 1. The Hall–Kier alpha value is -3.58. The number of aromatic nitrogens is 2. The van der Waals surface area contributed by atoms with E-state index in [4.69, 9.17) is 16.9 Å². The average molecular weight is 458 g/mol. The van der Waals surface area contributed by atoms with Gasteiger partial charge >= 0.3 is 0 Å². The first-order valence-electron chi connectivity index (χ1n) is 10.8. The molecule has 1 N–H and O–H groups in total. The molecule has 33 heavy (non-hydrogen) atoms. The Morgan fingerprint density at radius 1 is 1.27 bits per heavy atom. The molecule has 0 aliphatic carbocycles. The summed E-state index contributed by atoms with van der Waals surface area (Å²) in [6.07, 6.45) is 4.78. The van der Waals surface area contributed by atoms with E-state index in [1.807, 2.05) is 55.6 Å². The molecule has 2 atom stereocenters. The van der Waals surface area contributed by atoms with Crippen molar-refractivity contribution in [2.45, 2.75) is 31.8 Å². The van der Waals surface area contributed by atoms with Gasteiger partial charge in [-0.2, -0.15) is 5.26 Å². The molecule has 4 rings (SSSR count). The Morgan fingerprint density at radius 3 is 2.76 bits per heavy atom. The van der Waals surface area contributed by atoms with Gasteiger partial charge in [0, 0.05) is 35.9 Å². The van der Waals surface area contributed by atoms with E-state index in [2.05, 4.69) is 32.8 Å². The molecule has 0 bridgehead atoms. The van der Waals surface area contributed by atoms with Gasteiger partial charge in [0.05, 0.1) is 36.2 Å². The van der Waals surface area contributed by atoms with E-state index in [1.165, 1.54) is 0 Å². The minimum Gasteiger partial charge on any atom is -0.347 e. The number of piperazine rings is 1. The molecule has 1 aromatic heterocycles. The van der Waals surface area contributed by atoms with Crippen molar-refractivity contribution < 1.29 is 4.79 Å². The van der Waals surface area contributed by atoms with Crippen molar-refractivity contribution in [1.82, 2.24) is 14.9 Å². The van der Waals surface area contributed by atoms with Gasteiger partial charge in [0.15, 0.2) is 0 Å². The lowest BCUT2D eigenvalue weighted by Crippen LogP contribution is -2.57. The third kappa shape index (κ3) is 5.26. The SMILES string of the molecule is CC#CCC1CN(c2cccc(Cl)c2)C(=O)CN1C(Cc1ccc(C#N)cc1)c1cnc[nH]1. The van der Waals surface area contributed by atoms with Crippen molar-refractivity contribution in [1.29, 1.82) is 5.26 Å². The summed E-state index contributed by atoms with van der Waals surface area (Å²) >= 11 is 6.19. The van der Waals surface area contributed by atoms with E-state index in [0.29, 0.717) is 30.0 Å². The number of H-pyrrole nitrogens is 1. The third-order valence-electron chi connectivity index (χ3n) is 5.91. The summed E-state index contributed by atoms with van der Waals surface area (Å²) in [5.41, 5.74) is 3.45. The van der Waals surface area contributed by atoms with Crippen LogP contribution < -0.4 is 4.90 Å². The fraction of sp³-hybridized carbons (Fsp3) is 0.269. The Balaban J connectivity index is 1.66. The molecule has 1 saturated heterocycles. The minimum absolute atomic E-state index is 0.0160. The van der Waals surface area contributed by atoms with E-state index in [-0.39, 0.29) is 24.5 Å². The summed E-state index contributed by atoms with van der Waals surface area (Å²) in [6.45, 7) is 2.60. The number of imidazole rings is 1. The lowest BCUT2D eigenvalue weighted by atomic mass is 9.96. The zero-order valence-electron chi connectivity index (χ0n) is 18.3. The van der Waals surface area contributed by atoms with Crippen LogP contribution in [0.5, 0.6) is 0 Å². The Morgan fingerprint density at radius 2 is 2.09 bits per heavy atom. The van der Waals surface area contributed by atoms with Crippen LogP contribution in [0.2, 0.25) is 5.02 Å². The molecule has 0 radical (unpaired) electrons. The van der Waals surface area contributed by atoms with Crippen molar-refractivity contribution in [2.24, 2.45) is 0 Å². The van der Waals surface area contributed by atoms with Crippen molar-refractivity contribution in [3.63, 3.8) is 0 Å². The zero-order chi connectivity index (χ0) is 23.2. The second-order valence-corrected chi connectivity index (χ2v) is 8.41. The topological polar surface area (TPSA) is 76.0 Å². The monoisotopic (exact) mass is 457 g/mol. The van der Waals surface area contributed by atoms with Crippen molar-refractivity contribution in [3.8, 4) is 17.9 Å². The number of aromatic amines is 1. The molecular formula is C26H24ClN5O. The van der Waals surface area contributed by atoms with Gasteiger partial charge in [-0.3, -0.25) is 9.69 Å².